The minimum Gasteiger partial charge on any atom is -0.490 e. The van der Waals surface area contributed by atoms with Crippen LogP contribution in [0.4, 0.5) is 4.79 Å². The third-order valence-electron chi connectivity index (χ3n) is 4.91. The number of benzene rings is 3. The fraction of sp³-hybridized carbons (Fsp3) is 0.120. The Kier molecular flexibility index (Phi) is 7.49. The first-order chi connectivity index (χ1) is 16.8. The lowest BCUT2D eigenvalue weighted by molar-refractivity contribution is -0.123. The first-order valence-corrected chi connectivity index (χ1v) is 13.1. The maximum Gasteiger partial charge on any atom is 0.339 e. The van der Waals surface area contributed by atoms with E-state index in [1.165, 1.54) is 35.2 Å². The molecule has 0 unspecified atom stereocenters. The zero-order valence-electron chi connectivity index (χ0n) is 18.5. The van der Waals surface area contributed by atoms with Gasteiger partial charge in [-0.1, -0.05) is 60.1 Å². The van der Waals surface area contributed by atoms with Gasteiger partial charge < -0.3 is 8.92 Å². The highest BCUT2D eigenvalue weighted by molar-refractivity contribution is 8.18. The zero-order chi connectivity index (χ0) is 25.0. The average molecular weight is 530 g/mol. The molecule has 0 saturated carbocycles. The van der Waals surface area contributed by atoms with Crippen LogP contribution in [0.3, 0.4) is 0 Å². The maximum absolute atomic E-state index is 12.9. The van der Waals surface area contributed by atoms with Gasteiger partial charge in [-0.05, 0) is 60.2 Å². The molecule has 0 aromatic heterocycles. The lowest BCUT2D eigenvalue weighted by Crippen LogP contribution is -2.27. The molecule has 1 saturated heterocycles. The second-order valence-corrected chi connectivity index (χ2v) is 10.3. The van der Waals surface area contributed by atoms with E-state index >= 15 is 0 Å². The number of hydrogen-bond acceptors (Lipinski definition) is 7. The molecule has 0 N–H and O–H groups in total. The molecule has 3 aromatic rings. The van der Waals surface area contributed by atoms with Gasteiger partial charge in [-0.15, -0.1) is 0 Å². The number of carbonyl (C=O) groups excluding carboxylic acids is 2. The summed E-state index contributed by atoms with van der Waals surface area (Å²) < 4.78 is 36.3. The molecular weight excluding hydrogens is 510 g/mol. The number of nitrogens with zero attached hydrogens (tertiary/aromatic N) is 1. The van der Waals surface area contributed by atoms with Crippen LogP contribution < -0.4 is 8.92 Å². The third kappa shape index (κ3) is 5.70. The van der Waals surface area contributed by atoms with Crippen molar-refractivity contribution in [3.63, 3.8) is 0 Å². The molecule has 0 bridgehead atoms. The summed E-state index contributed by atoms with van der Waals surface area (Å²) in [5, 5.41) is -0.402. The van der Waals surface area contributed by atoms with Gasteiger partial charge in [0.15, 0.2) is 5.75 Å². The van der Waals surface area contributed by atoms with E-state index in [0.717, 1.165) is 17.3 Å². The van der Waals surface area contributed by atoms with E-state index in [2.05, 4.69) is 0 Å². The first kappa shape index (κ1) is 24.8. The van der Waals surface area contributed by atoms with E-state index in [9.17, 15) is 18.0 Å². The quantitative estimate of drug-likeness (QED) is 0.271. The van der Waals surface area contributed by atoms with Crippen LogP contribution in [0.25, 0.3) is 6.08 Å². The van der Waals surface area contributed by atoms with E-state index in [4.69, 9.17) is 20.5 Å². The highest BCUT2D eigenvalue weighted by atomic mass is 35.5. The predicted molar refractivity (Wildman–Crippen MR) is 135 cm³/mol. The van der Waals surface area contributed by atoms with Gasteiger partial charge in [-0.3, -0.25) is 14.5 Å². The Labute approximate surface area is 212 Å². The molecule has 0 spiro atoms. The Bertz CT molecular complexity index is 1390. The number of carbonyl (C=O) groups is 2. The molecule has 1 aliphatic heterocycles. The highest BCUT2D eigenvalue weighted by Gasteiger charge is 2.35. The van der Waals surface area contributed by atoms with E-state index in [-0.39, 0.29) is 44.7 Å². The normalized spacial score (nSPS) is 15.0. The van der Waals surface area contributed by atoms with Crippen molar-refractivity contribution < 1.29 is 26.9 Å². The lowest BCUT2D eigenvalue weighted by atomic mass is 10.1. The van der Waals surface area contributed by atoms with Crippen molar-refractivity contribution in [3.05, 3.63) is 93.9 Å². The molecular formula is C25H20ClNO6S2. The molecule has 35 heavy (non-hydrogen) atoms. The molecule has 10 heteroatoms. The van der Waals surface area contributed by atoms with Crippen LogP contribution in [0, 0.1) is 0 Å². The SMILES string of the molecule is CCOc1cc(/C=C2\SC(=O)N(Cc3ccccc3)C2=O)cc(Cl)c1OS(=O)(=O)c1ccccc1. The lowest BCUT2D eigenvalue weighted by Gasteiger charge is -2.14. The van der Waals surface area contributed by atoms with Crippen molar-refractivity contribution in [1.29, 1.82) is 0 Å². The highest BCUT2D eigenvalue weighted by Crippen LogP contribution is 2.40. The van der Waals surface area contributed by atoms with Crippen LogP contribution in [-0.4, -0.2) is 31.1 Å². The van der Waals surface area contributed by atoms with Gasteiger partial charge in [0.25, 0.3) is 11.1 Å². The molecule has 0 radical (unpaired) electrons. The molecule has 0 aliphatic carbocycles. The van der Waals surface area contributed by atoms with Crippen LogP contribution >= 0.6 is 23.4 Å². The summed E-state index contributed by atoms with van der Waals surface area (Å²) in [5.74, 6) is -0.495. The topological polar surface area (TPSA) is 90.0 Å². The number of thioether (sulfide) groups is 1. The van der Waals surface area contributed by atoms with Gasteiger partial charge in [-0.25, -0.2) is 0 Å². The Morgan fingerprint density at radius 2 is 1.66 bits per heavy atom. The monoisotopic (exact) mass is 529 g/mol. The zero-order valence-corrected chi connectivity index (χ0v) is 20.9. The van der Waals surface area contributed by atoms with E-state index in [1.54, 1.807) is 25.1 Å². The summed E-state index contributed by atoms with van der Waals surface area (Å²) in [6.45, 7) is 2.11. The molecule has 180 valence electrons. The summed E-state index contributed by atoms with van der Waals surface area (Å²) in [6, 6.07) is 19.8. The van der Waals surface area contributed by atoms with E-state index in [0.29, 0.717) is 5.56 Å². The molecule has 4 rings (SSSR count). The third-order valence-corrected chi connectivity index (χ3v) is 7.34. The number of amides is 2. The average Bonchev–Trinajstić information content (AvgIpc) is 3.10. The van der Waals surface area contributed by atoms with Crippen LogP contribution in [0.1, 0.15) is 18.1 Å². The molecule has 3 aromatic carbocycles. The second-order valence-electron chi connectivity index (χ2n) is 7.37. The van der Waals surface area contributed by atoms with Gasteiger partial charge in [-0.2, -0.15) is 8.42 Å². The molecule has 1 aliphatic rings. The van der Waals surface area contributed by atoms with Gasteiger partial charge >= 0.3 is 10.1 Å². The molecule has 1 fully saturated rings. The minimum atomic E-state index is -4.15. The van der Waals surface area contributed by atoms with Gasteiger partial charge in [0, 0.05) is 0 Å². The summed E-state index contributed by atoms with van der Waals surface area (Å²) in [4.78, 5) is 26.7. The van der Waals surface area contributed by atoms with Crippen LogP contribution in [0.15, 0.2) is 82.6 Å². The minimum absolute atomic E-state index is 0.0229. The van der Waals surface area contributed by atoms with Crippen molar-refractivity contribution in [2.75, 3.05) is 6.61 Å². The van der Waals surface area contributed by atoms with Crippen molar-refractivity contribution >= 4 is 50.7 Å². The van der Waals surface area contributed by atoms with Crippen molar-refractivity contribution in [3.8, 4) is 11.5 Å². The Morgan fingerprint density at radius 1 is 1.00 bits per heavy atom. The second kappa shape index (κ2) is 10.6. The van der Waals surface area contributed by atoms with Gasteiger partial charge in [0.2, 0.25) is 5.75 Å². The first-order valence-electron chi connectivity index (χ1n) is 10.5. The summed E-state index contributed by atoms with van der Waals surface area (Å²) in [5.41, 5.74) is 1.28. The van der Waals surface area contributed by atoms with Crippen LogP contribution in [0.5, 0.6) is 11.5 Å². The van der Waals surface area contributed by atoms with E-state index < -0.39 is 16.0 Å². The summed E-state index contributed by atoms with van der Waals surface area (Å²) in [7, 11) is -4.15. The van der Waals surface area contributed by atoms with Crippen molar-refractivity contribution in [1.82, 2.24) is 4.90 Å². The molecule has 0 atom stereocenters. The standard InChI is InChI=1S/C25H20ClNO6S2/c1-2-32-21-14-18(13-20(26)23(21)33-35(30,31)19-11-7-4-8-12-19)15-22-24(28)27(25(29)34-22)16-17-9-5-3-6-10-17/h3-15H,2,16H2,1H3/b22-15-. The molecule has 7 nitrogen and oxygen atoms in total. The Morgan fingerprint density at radius 3 is 2.31 bits per heavy atom. The number of rotatable bonds is 8. The van der Waals surface area contributed by atoms with Crippen LogP contribution in [0.2, 0.25) is 5.02 Å². The van der Waals surface area contributed by atoms with Crippen LogP contribution in [-0.2, 0) is 21.5 Å². The number of hydrogen-bond donors (Lipinski definition) is 0. The Hall–Kier alpha value is -3.27. The largest absolute Gasteiger partial charge is 0.490 e. The smallest absolute Gasteiger partial charge is 0.339 e. The summed E-state index contributed by atoms with van der Waals surface area (Å²) >= 11 is 7.20. The fourth-order valence-electron chi connectivity index (χ4n) is 3.31. The molecule has 1 heterocycles. The number of imide groups is 1. The maximum atomic E-state index is 12.9. The van der Waals surface area contributed by atoms with Gasteiger partial charge in [0.1, 0.15) is 4.90 Å². The molecule has 2 amide bonds. The number of halogens is 1. The summed E-state index contributed by atoms with van der Waals surface area (Å²) in [6.07, 6.45) is 1.51. The predicted octanol–water partition coefficient (Wildman–Crippen LogP) is 5.74. The number of ether oxygens (including phenoxy) is 1. The van der Waals surface area contributed by atoms with Gasteiger partial charge in [0.05, 0.1) is 23.1 Å². The van der Waals surface area contributed by atoms with E-state index in [1.807, 2.05) is 30.3 Å². The van der Waals surface area contributed by atoms with Crippen molar-refractivity contribution in [2.45, 2.75) is 18.4 Å². The fourth-order valence-corrected chi connectivity index (χ4v) is 5.43. The Balaban J connectivity index is 1.62. The van der Waals surface area contributed by atoms with Crippen molar-refractivity contribution in [2.24, 2.45) is 0 Å².